The molecule has 3 heteroatoms. The van der Waals surface area contributed by atoms with Crippen molar-refractivity contribution in [1.29, 1.82) is 0 Å². The Hall–Kier alpha value is -1.16. The van der Waals surface area contributed by atoms with E-state index in [-0.39, 0.29) is 5.54 Å². The SMILES string of the molecule is CC(C)(C)N[C@@H]1CCc2ccccc2[C@@](O)(c2cccs2)C1. The van der Waals surface area contributed by atoms with Crippen LogP contribution in [0.2, 0.25) is 0 Å². The van der Waals surface area contributed by atoms with Crippen molar-refractivity contribution in [2.75, 3.05) is 0 Å². The van der Waals surface area contributed by atoms with Crippen LogP contribution >= 0.6 is 11.3 Å². The summed E-state index contributed by atoms with van der Waals surface area (Å²) in [7, 11) is 0. The topological polar surface area (TPSA) is 32.3 Å². The number of aryl methyl sites for hydroxylation is 1. The van der Waals surface area contributed by atoms with Gasteiger partial charge >= 0.3 is 0 Å². The maximum absolute atomic E-state index is 11.6. The van der Waals surface area contributed by atoms with Gasteiger partial charge in [-0.25, -0.2) is 0 Å². The summed E-state index contributed by atoms with van der Waals surface area (Å²) < 4.78 is 0. The third-order valence-corrected chi connectivity index (χ3v) is 5.35. The van der Waals surface area contributed by atoms with Crippen molar-refractivity contribution in [3.8, 4) is 0 Å². The Morgan fingerprint density at radius 2 is 1.95 bits per heavy atom. The lowest BCUT2D eigenvalue weighted by Crippen LogP contribution is -2.46. The summed E-state index contributed by atoms with van der Waals surface area (Å²) in [6.45, 7) is 6.57. The molecule has 1 aliphatic carbocycles. The van der Waals surface area contributed by atoms with Gasteiger partial charge in [-0.15, -0.1) is 11.3 Å². The molecule has 0 aliphatic heterocycles. The van der Waals surface area contributed by atoms with Gasteiger partial charge in [0, 0.05) is 22.9 Å². The lowest BCUT2D eigenvalue weighted by Gasteiger charge is -2.34. The van der Waals surface area contributed by atoms with Crippen molar-refractivity contribution in [3.05, 3.63) is 57.8 Å². The predicted molar refractivity (Wildman–Crippen MR) is 93.4 cm³/mol. The molecule has 0 amide bonds. The molecule has 2 aromatic rings. The Labute approximate surface area is 137 Å². The number of benzene rings is 1. The highest BCUT2D eigenvalue weighted by atomic mass is 32.1. The van der Waals surface area contributed by atoms with E-state index in [0.29, 0.717) is 6.04 Å². The Morgan fingerprint density at radius 1 is 1.18 bits per heavy atom. The average Bonchev–Trinajstić information content (AvgIpc) is 2.94. The van der Waals surface area contributed by atoms with Gasteiger partial charge in [0.25, 0.3) is 0 Å². The average molecular weight is 315 g/mol. The number of hydrogen-bond acceptors (Lipinski definition) is 3. The van der Waals surface area contributed by atoms with Crippen molar-refractivity contribution >= 4 is 11.3 Å². The molecule has 2 nitrogen and oxygen atoms in total. The van der Waals surface area contributed by atoms with Crippen molar-refractivity contribution < 1.29 is 5.11 Å². The number of hydrogen-bond donors (Lipinski definition) is 2. The van der Waals surface area contributed by atoms with Crippen LogP contribution < -0.4 is 5.32 Å². The Balaban J connectivity index is 2.03. The summed E-state index contributed by atoms with van der Waals surface area (Å²) in [6.07, 6.45) is 2.79. The minimum atomic E-state index is -0.885. The Bertz CT molecular complexity index is 629. The maximum Gasteiger partial charge on any atom is 0.125 e. The number of nitrogens with one attached hydrogen (secondary N) is 1. The highest BCUT2D eigenvalue weighted by Crippen LogP contribution is 2.41. The highest BCUT2D eigenvalue weighted by Gasteiger charge is 2.39. The fraction of sp³-hybridized carbons (Fsp3) is 0.474. The molecule has 0 bridgehead atoms. The third kappa shape index (κ3) is 3.12. The van der Waals surface area contributed by atoms with Gasteiger partial charge in [0.2, 0.25) is 0 Å². The van der Waals surface area contributed by atoms with Gasteiger partial charge in [-0.2, -0.15) is 0 Å². The molecule has 0 radical (unpaired) electrons. The first-order valence-corrected chi connectivity index (χ1v) is 8.89. The first kappa shape index (κ1) is 15.7. The van der Waals surface area contributed by atoms with E-state index >= 15 is 0 Å². The van der Waals surface area contributed by atoms with Crippen LogP contribution in [-0.2, 0) is 12.0 Å². The van der Waals surface area contributed by atoms with E-state index in [4.69, 9.17) is 0 Å². The second-order valence-electron chi connectivity index (χ2n) is 7.33. The minimum absolute atomic E-state index is 0.0531. The number of thiophene rings is 1. The maximum atomic E-state index is 11.6. The predicted octanol–water partition coefficient (Wildman–Crippen LogP) is 4.08. The van der Waals surface area contributed by atoms with Crippen LogP contribution in [0.15, 0.2) is 41.8 Å². The Kier molecular flexibility index (Phi) is 4.15. The molecule has 1 aromatic heterocycles. The summed E-state index contributed by atoms with van der Waals surface area (Å²) in [6, 6.07) is 12.8. The molecule has 118 valence electrons. The van der Waals surface area contributed by atoms with E-state index in [1.165, 1.54) is 5.56 Å². The van der Waals surface area contributed by atoms with E-state index in [1.54, 1.807) is 11.3 Å². The minimum Gasteiger partial charge on any atom is -0.379 e. The molecule has 3 rings (SSSR count). The quantitative estimate of drug-likeness (QED) is 0.819. The standard InChI is InChI=1S/C19H25NOS/c1-18(2,3)20-15-11-10-14-7-4-5-8-16(14)19(21,13-15)17-9-6-12-22-17/h4-9,12,15,20-21H,10-11,13H2,1-3H3/t15-,19-/m1/s1. The fourth-order valence-electron chi connectivity index (χ4n) is 3.52. The molecule has 1 heterocycles. The van der Waals surface area contributed by atoms with Gasteiger partial charge in [0.15, 0.2) is 0 Å². The molecule has 2 N–H and O–H groups in total. The van der Waals surface area contributed by atoms with Crippen LogP contribution in [0.4, 0.5) is 0 Å². The molecular formula is C19H25NOS. The lowest BCUT2D eigenvalue weighted by molar-refractivity contribution is 0.0610. The van der Waals surface area contributed by atoms with E-state index in [1.807, 2.05) is 17.5 Å². The van der Waals surface area contributed by atoms with Crippen molar-refractivity contribution in [2.24, 2.45) is 0 Å². The molecule has 1 aliphatic rings. The second-order valence-corrected chi connectivity index (χ2v) is 8.28. The van der Waals surface area contributed by atoms with Gasteiger partial charge in [-0.1, -0.05) is 30.3 Å². The van der Waals surface area contributed by atoms with Gasteiger partial charge in [0.05, 0.1) is 0 Å². The van der Waals surface area contributed by atoms with Crippen LogP contribution in [-0.4, -0.2) is 16.7 Å². The summed E-state index contributed by atoms with van der Waals surface area (Å²) >= 11 is 1.64. The van der Waals surface area contributed by atoms with Crippen molar-refractivity contribution in [3.63, 3.8) is 0 Å². The van der Waals surface area contributed by atoms with Crippen LogP contribution in [0, 0.1) is 0 Å². The van der Waals surface area contributed by atoms with Gasteiger partial charge < -0.3 is 10.4 Å². The highest BCUT2D eigenvalue weighted by molar-refractivity contribution is 7.10. The molecule has 0 spiro atoms. The molecule has 1 aromatic carbocycles. The Morgan fingerprint density at radius 3 is 2.64 bits per heavy atom. The molecule has 0 unspecified atom stereocenters. The van der Waals surface area contributed by atoms with E-state index in [2.05, 4.69) is 50.4 Å². The zero-order chi connectivity index (χ0) is 15.8. The van der Waals surface area contributed by atoms with Crippen LogP contribution in [0.3, 0.4) is 0 Å². The fourth-order valence-corrected chi connectivity index (χ4v) is 4.37. The summed E-state index contributed by atoms with van der Waals surface area (Å²) in [5.74, 6) is 0. The first-order chi connectivity index (χ1) is 10.4. The molecule has 0 saturated carbocycles. The van der Waals surface area contributed by atoms with Crippen molar-refractivity contribution in [1.82, 2.24) is 5.32 Å². The summed E-state index contributed by atoms with van der Waals surface area (Å²) in [4.78, 5) is 1.04. The van der Waals surface area contributed by atoms with Gasteiger partial charge in [-0.3, -0.25) is 0 Å². The molecule has 2 atom stereocenters. The zero-order valence-corrected chi connectivity index (χ0v) is 14.4. The number of rotatable bonds is 2. The summed E-state index contributed by atoms with van der Waals surface area (Å²) in [5, 5.41) is 17.3. The lowest BCUT2D eigenvalue weighted by atomic mass is 9.85. The van der Waals surface area contributed by atoms with Gasteiger partial charge in [-0.05, 0) is 56.2 Å². The smallest absolute Gasteiger partial charge is 0.125 e. The molecular weight excluding hydrogens is 290 g/mol. The monoisotopic (exact) mass is 315 g/mol. The molecule has 0 fully saturated rings. The van der Waals surface area contributed by atoms with E-state index in [0.717, 1.165) is 29.7 Å². The number of aliphatic hydroxyl groups is 1. The van der Waals surface area contributed by atoms with Crippen LogP contribution in [0.5, 0.6) is 0 Å². The molecule has 22 heavy (non-hydrogen) atoms. The van der Waals surface area contributed by atoms with E-state index in [9.17, 15) is 5.11 Å². The van der Waals surface area contributed by atoms with Crippen LogP contribution in [0.25, 0.3) is 0 Å². The normalized spacial score (nSPS) is 25.5. The zero-order valence-electron chi connectivity index (χ0n) is 13.6. The van der Waals surface area contributed by atoms with Gasteiger partial charge in [0.1, 0.15) is 5.60 Å². The molecule has 0 saturated heterocycles. The van der Waals surface area contributed by atoms with E-state index < -0.39 is 5.60 Å². The largest absolute Gasteiger partial charge is 0.379 e. The summed E-state index contributed by atoms with van der Waals surface area (Å²) in [5.41, 5.74) is 1.52. The third-order valence-electron chi connectivity index (χ3n) is 4.33. The first-order valence-electron chi connectivity index (χ1n) is 8.01. The number of fused-ring (bicyclic) bond motifs is 1. The second kappa shape index (κ2) is 5.80. The van der Waals surface area contributed by atoms with Crippen LogP contribution in [0.1, 0.15) is 49.6 Å². The van der Waals surface area contributed by atoms with Crippen molar-refractivity contribution in [2.45, 2.75) is 57.2 Å².